The number of fused-ring (bicyclic) bond motifs is 1. The summed E-state index contributed by atoms with van der Waals surface area (Å²) in [6.45, 7) is 0.507. The van der Waals surface area contributed by atoms with Gasteiger partial charge in [-0.05, 0) is 62.2 Å². The van der Waals surface area contributed by atoms with Crippen LogP contribution in [0.15, 0.2) is 0 Å². The second kappa shape index (κ2) is 7.09. The number of hydrogen-bond donors (Lipinski definition) is 2. The van der Waals surface area contributed by atoms with Crippen molar-refractivity contribution in [2.45, 2.75) is 62.1 Å². The van der Waals surface area contributed by atoms with Gasteiger partial charge in [-0.3, -0.25) is 4.79 Å². The summed E-state index contributed by atoms with van der Waals surface area (Å²) in [7, 11) is -7.29. The lowest BCUT2D eigenvalue weighted by Gasteiger charge is -2.51. The van der Waals surface area contributed by atoms with Gasteiger partial charge in [0, 0.05) is 13.1 Å². The van der Waals surface area contributed by atoms with E-state index in [-0.39, 0.29) is 23.0 Å². The summed E-state index contributed by atoms with van der Waals surface area (Å²) in [5.41, 5.74) is 0. The third-order valence-electron chi connectivity index (χ3n) is 7.79. The monoisotopic (exact) mass is 465 g/mol. The first-order chi connectivity index (χ1) is 14.1. The minimum atomic E-state index is -4.13. The van der Waals surface area contributed by atoms with Gasteiger partial charge in [0.25, 0.3) is 0 Å². The maximum absolute atomic E-state index is 15.6. The highest BCUT2D eigenvalue weighted by atomic mass is 32.2. The molecule has 0 spiro atoms. The summed E-state index contributed by atoms with van der Waals surface area (Å²) in [6.07, 6.45) is 1.26. The minimum Gasteiger partial charge on any atom is -0.391 e. The first-order valence-corrected chi connectivity index (χ1v) is 13.7. The molecule has 3 saturated carbocycles. The number of nitrogens with zero attached hydrogens (tertiary/aromatic N) is 2. The van der Waals surface area contributed by atoms with E-state index in [9.17, 15) is 26.7 Å². The molecule has 3 aliphatic carbocycles. The van der Waals surface area contributed by atoms with Crippen LogP contribution in [-0.4, -0.2) is 79.7 Å². The Balaban J connectivity index is 1.27. The smallest absolute Gasteiger partial charge is 0.304 e. The number of nitrogens with one attached hydrogen (secondary N) is 1. The van der Waals surface area contributed by atoms with Crippen molar-refractivity contribution in [1.82, 2.24) is 13.3 Å². The summed E-state index contributed by atoms with van der Waals surface area (Å²) in [4.78, 5) is 11.6. The molecule has 6 atom stereocenters. The van der Waals surface area contributed by atoms with Crippen molar-refractivity contribution >= 4 is 26.1 Å². The Labute approximate surface area is 176 Å². The van der Waals surface area contributed by atoms with Gasteiger partial charge in [0.1, 0.15) is 6.17 Å². The lowest BCUT2D eigenvalue weighted by Crippen LogP contribution is -2.60. The number of aliphatic hydroxyl groups is 1. The van der Waals surface area contributed by atoms with Crippen molar-refractivity contribution in [3.05, 3.63) is 0 Å². The van der Waals surface area contributed by atoms with Crippen molar-refractivity contribution in [2.75, 3.05) is 19.6 Å². The first kappa shape index (κ1) is 21.0. The molecule has 9 nitrogen and oxygen atoms in total. The van der Waals surface area contributed by atoms with Gasteiger partial charge in [-0.25, -0.2) is 21.8 Å². The molecule has 0 aromatic rings. The van der Waals surface area contributed by atoms with E-state index in [2.05, 4.69) is 0 Å². The molecule has 30 heavy (non-hydrogen) atoms. The van der Waals surface area contributed by atoms with Crippen LogP contribution in [0, 0.1) is 23.7 Å². The van der Waals surface area contributed by atoms with Crippen molar-refractivity contribution in [3.8, 4) is 0 Å². The molecule has 1 amide bonds. The molecule has 2 aliphatic heterocycles. The molecule has 5 fully saturated rings. The van der Waals surface area contributed by atoms with Gasteiger partial charge in [0.05, 0.1) is 23.9 Å². The number of carbonyl (C=O) groups is 1. The van der Waals surface area contributed by atoms with Crippen LogP contribution in [0.4, 0.5) is 4.39 Å². The fourth-order valence-electron chi connectivity index (χ4n) is 5.96. The molecule has 5 rings (SSSR count). The standard InChI is InChI=1S/C18H28FN3O6S2/c19-17-14-5-10(12-7-21(8-12)29(25,26)13-3-4-13)1-2-11(14)6-15(23)18(17)22-9-16(24)20-30(22,27)28/h10-15,17-18,23H,1-9H2,(H,20,24). The number of aliphatic hydroxyl groups excluding tert-OH is 1. The van der Waals surface area contributed by atoms with Gasteiger partial charge in [-0.15, -0.1) is 0 Å². The third-order valence-corrected chi connectivity index (χ3v) is 11.6. The number of sulfonamides is 1. The molecule has 6 unspecified atom stereocenters. The third kappa shape index (κ3) is 3.39. The van der Waals surface area contributed by atoms with E-state index in [0.717, 1.165) is 30.0 Å². The summed E-state index contributed by atoms with van der Waals surface area (Å²) in [5, 5.41) is 10.3. The normalized spacial score (nSPS) is 43.1. The Kier molecular flexibility index (Phi) is 4.98. The van der Waals surface area contributed by atoms with E-state index < -0.39 is 56.9 Å². The Morgan fingerprint density at radius 2 is 1.70 bits per heavy atom. The lowest BCUT2D eigenvalue weighted by atomic mass is 9.62. The number of halogens is 1. The van der Waals surface area contributed by atoms with Crippen molar-refractivity contribution in [2.24, 2.45) is 23.7 Å². The molecule has 2 heterocycles. The number of alkyl halides is 1. The lowest BCUT2D eigenvalue weighted by molar-refractivity contribution is -0.120. The second-order valence-electron chi connectivity index (χ2n) is 9.63. The van der Waals surface area contributed by atoms with Crippen LogP contribution in [0.25, 0.3) is 0 Å². The first-order valence-electron chi connectivity index (χ1n) is 10.7. The molecule has 12 heteroatoms. The van der Waals surface area contributed by atoms with E-state index >= 15 is 4.39 Å². The second-order valence-corrected chi connectivity index (χ2v) is 13.5. The fraction of sp³-hybridized carbons (Fsp3) is 0.944. The van der Waals surface area contributed by atoms with Crippen LogP contribution in [0.3, 0.4) is 0 Å². The Morgan fingerprint density at radius 3 is 2.30 bits per heavy atom. The van der Waals surface area contributed by atoms with E-state index in [1.807, 2.05) is 4.72 Å². The highest BCUT2D eigenvalue weighted by molar-refractivity contribution is 7.90. The minimum absolute atomic E-state index is 0.0251. The van der Waals surface area contributed by atoms with Crippen molar-refractivity contribution < 1.29 is 31.1 Å². The zero-order valence-electron chi connectivity index (χ0n) is 16.6. The number of amides is 1. The number of rotatable bonds is 4. The maximum Gasteiger partial charge on any atom is 0.304 e. The molecule has 5 aliphatic rings. The molecule has 0 bridgehead atoms. The maximum atomic E-state index is 15.6. The summed E-state index contributed by atoms with van der Waals surface area (Å²) in [6, 6.07) is -1.26. The fourth-order valence-corrected chi connectivity index (χ4v) is 9.24. The predicted molar refractivity (Wildman–Crippen MR) is 104 cm³/mol. The molecule has 2 saturated heterocycles. The van der Waals surface area contributed by atoms with E-state index in [1.165, 1.54) is 0 Å². The zero-order valence-corrected chi connectivity index (χ0v) is 18.2. The largest absolute Gasteiger partial charge is 0.391 e. The quantitative estimate of drug-likeness (QED) is 0.582. The highest BCUT2D eigenvalue weighted by Gasteiger charge is 2.55. The average molecular weight is 466 g/mol. The van der Waals surface area contributed by atoms with Crippen molar-refractivity contribution in [1.29, 1.82) is 0 Å². The zero-order chi connectivity index (χ0) is 21.4. The molecular formula is C18H28FN3O6S2. The Bertz CT molecular complexity index is 934. The van der Waals surface area contributed by atoms with Gasteiger partial charge in [-0.1, -0.05) is 0 Å². The van der Waals surface area contributed by atoms with Crippen LogP contribution in [0.5, 0.6) is 0 Å². The molecule has 0 radical (unpaired) electrons. The van der Waals surface area contributed by atoms with Crippen molar-refractivity contribution in [3.63, 3.8) is 0 Å². The molecular weight excluding hydrogens is 437 g/mol. The van der Waals surface area contributed by atoms with Crippen LogP contribution >= 0.6 is 0 Å². The topological polar surface area (TPSA) is 124 Å². The van der Waals surface area contributed by atoms with Crippen LogP contribution in [0.2, 0.25) is 0 Å². The van der Waals surface area contributed by atoms with Gasteiger partial charge in [0.2, 0.25) is 15.9 Å². The number of hydrogen-bond acceptors (Lipinski definition) is 6. The molecule has 0 aromatic carbocycles. The van der Waals surface area contributed by atoms with Gasteiger partial charge in [-0.2, -0.15) is 12.7 Å². The average Bonchev–Trinajstić information content (AvgIpc) is 3.41. The summed E-state index contributed by atoms with van der Waals surface area (Å²) < 4.78 is 68.8. The van der Waals surface area contributed by atoms with Gasteiger partial charge >= 0.3 is 10.2 Å². The van der Waals surface area contributed by atoms with Gasteiger partial charge < -0.3 is 5.11 Å². The van der Waals surface area contributed by atoms with E-state index in [4.69, 9.17) is 0 Å². The predicted octanol–water partition coefficient (Wildman–Crippen LogP) is -0.409. The van der Waals surface area contributed by atoms with E-state index in [0.29, 0.717) is 25.9 Å². The van der Waals surface area contributed by atoms with E-state index in [1.54, 1.807) is 4.31 Å². The number of carbonyl (C=O) groups excluding carboxylic acids is 1. The SMILES string of the molecule is O=C1CN(C2C(O)CC3CCC(C4CN(S(=O)(=O)C5CC5)C4)CC3C2F)S(=O)(=O)N1. The Hall–Kier alpha value is -0.820. The van der Waals surface area contributed by atoms with Crippen LogP contribution in [0.1, 0.15) is 38.5 Å². The molecule has 170 valence electrons. The molecule has 0 aromatic heterocycles. The summed E-state index contributed by atoms with van der Waals surface area (Å²) in [5.74, 6) is -0.735. The van der Waals surface area contributed by atoms with Crippen LogP contribution < -0.4 is 4.72 Å². The highest BCUT2D eigenvalue weighted by Crippen LogP contribution is 2.49. The summed E-state index contributed by atoms with van der Waals surface area (Å²) >= 11 is 0. The molecule has 2 N–H and O–H groups in total. The van der Waals surface area contributed by atoms with Crippen LogP contribution in [-0.2, 0) is 25.0 Å². The Morgan fingerprint density at radius 1 is 1.03 bits per heavy atom. The van der Waals surface area contributed by atoms with Gasteiger partial charge in [0.15, 0.2) is 0 Å².